The highest BCUT2D eigenvalue weighted by Crippen LogP contribution is 2.32. The van der Waals surface area contributed by atoms with Crippen molar-refractivity contribution in [3.05, 3.63) is 0 Å². The second kappa shape index (κ2) is 7.61. The van der Waals surface area contributed by atoms with Crippen LogP contribution in [0.5, 0.6) is 0 Å². The van der Waals surface area contributed by atoms with Gasteiger partial charge in [-0.15, -0.1) is 0 Å². The molecule has 6 nitrogen and oxygen atoms in total. The Hall–Kier alpha value is -1.59. The highest BCUT2D eigenvalue weighted by Gasteiger charge is 2.33. The summed E-state index contributed by atoms with van der Waals surface area (Å²) >= 11 is 0. The molecule has 2 saturated carbocycles. The Bertz CT molecular complexity index is 416. The summed E-state index contributed by atoms with van der Waals surface area (Å²) in [5.41, 5.74) is 0. The average molecular weight is 312 g/mol. The minimum absolute atomic E-state index is 0.0778. The normalized spacial score (nSPS) is 32.0. The van der Waals surface area contributed by atoms with Gasteiger partial charge in [-0.2, -0.15) is 0 Å². The fraction of sp³-hybridized carbons (Fsp3) is 0.812. The third-order valence-corrected chi connectivity index (χ3v) is 4.90. The van der Waals surface area contributed by atoms with Gasteiger partial charge in [0.2, 0.25) is 0 Å². The van der Waals surface area contributed by atoms with Crippen LogP contribution in [0.25, 0.3) is 0 Å². The van der Waals surface area contributed by atoms with Gasteiger partial charge in [0.25, 0.3) is 0 Å². The number of aliphatic carboxylic acids is 1. The van der Waals surface area contributed by atoms with Crippen molar-refractivity contribution in [2.24, 2.45) is 17.8 Å². The highest BCUT2D eigenvalue weighted by atomic mass is 16.5. The largest absolute Gasteiger partial charge is 0.481 e. The number of esters is 2. The third kappa shape index (κ3) is 4.21. The van der Waals surface area contributed by atoms with Gasteiger partial charge in [0.15, 0.2) is 0 Å². The van der Waals surface area contributed by atoms with Crippen molar-refractivity contribution in [3.8, 4) is 0 Å². The zero-order chi connectivity index (χ0) is 16.1. The smallest absolute Gasteiger partial charge is 0.309 e. The highest BCUT2D eigenvalue weighted by molar-refractivity contribution is 5.74. The first-order valence-electron chi connectivity index (χ1n) is 8.02. The van der Waals surface area contributed by atoms with Gasteiger partial charge in [-0.25, -0.2) is 0 Å². The zero-order valence-corrected chi connectivity index (χ0v) is 13.0. The summed E-state index contributed by atoms with van der Waals surface area (Å²) in [6, 6.07) is 0. The predicted octanol–water partition coefficient (Wildman–Crippen LogP) is 2.15. The molecule has 2 aliphatic carbocycles. The van der Waals surface area contributed by atoms with Crippen LogP contribution >= 0.6 is 0 Å². The van der Waals surface area contributed by atoms with E-state index >= 15 is 0 Å². The molecular weight excluding hydrogens is 288 g/mol. The molecule has 0 atom stereocenters. The molecule has 22 heavy (non-hydrogen) atoms. The van der Waals surface area contributed by atoms with Gasteiger partial charge in [0.1, 0.15) is 6.10 Å². The van der Waals surface area contributed by atoms with E-state index in [2.05, 4.69) is 0 Å². The molecule has 1 N–H and O–H groups in total. The van der Waals surface area contributed by atoms with E-state index in [4.69, 9.17) is 14.6 Å². The molecule has 2 aliphatic rings. The van der Waals surface area contributed by atoms with Crippen molar-refractivity contribution < 1.29 is 29.0 Å². The molecule has 0 aromatic carbocycles. The molecule has 2 fully saturated rings. The fourth-order valence-electron chi connectivity index (χ4n) is 3.42. The van der Waals surface area contributed by atoms with E-state index in [-0.39, 0.29) is 35.8 Å². The summed E-state index contributed by atoms with van der Waals surface area (Å²) in [4.78, 5) is 34.5. The standard InChI is InChI=1S/C16H24O6/c1-21-15(19)11-6-8-13(9-7-11)22-16(20)12-4-2-10(3-5-12)14(17)18/h10-13H,2-9H2,1H3,(H,17,18). The lowest BCUT2D eigenvalue weighted by molar-refractivity contribution is -0.160. The average Bonchev–Trinajstić information content (AvgIpc) is 2.54. The van der Waals surface area contributed by atoms with Crippen molar-refractivity contribution in [1.29, 1.82) is 0 Å². The Balaban J connectivity index is 1.72. The molecule has 0 saturated heterocycles. The molecule has 0 radical (unpaired) electrons. The number of carbonyl (C=O) groups excluding carboxylic acids is 2. The van der Waals surface area contributed by atoms with Crippen LogP contribution in [0.3, 0.4) is 0 Å². The number of hydrogen-bond donors (Lipinski definition) is 1. The van der Waals surface area contributed by atoms with Crippen molar-refractivity contribution in [3.63, 3.8) is 0 Å². The maximum absolute atomic E-state index is 12.2. The lowest BCUT2D eigenvalue weighted by Crippen LogP contribution is -2.32. The van der Waals surface area contributed by atoms with Crippen molar-refractivity contribution in [2.75, 3.05) is 7.11 Å². The fourth-order valence-corrected chi connectivity index (χ4v) is 3.42. The summed E-state index contributed by atoms with van der Waals surface area (Å²) < 4.78 is 10.3. The minimum Gasteiger partial charge on any atom is -0.481 e. The van der Waals surface area contributed by atoms with Crippen LogP contribution in [0.1, 0.15) is 51.4 Å². The molecule has 0 aromatic rings. The quantitative estimate of drug-likeness (QED) is 0.800. The lowest BCUT2D eigenvalue weighted by Gasteiger charge is -2.30. The molecule has 0 bridgehead atoms. The molecule has 2 rings (SSSR count). The van der Waals surface area contributed by atoms with Crippen molar-refractivity contribution in [2.45, 2.75) is 57.5 Å². The Labute approximate surface area is 130 Å². The maximum Gasteiger partial charge on any atom is 0.309 e. The SMILES string of the molecule is COC(=O)C1CCC(OC(=O)C2CCC(C(=O)O)CC2)CC1. The van der Waals surface area contributed by atoms with E-state index in [1.54, 1.807) is 0 Å². The molecule has 0 spiro atoms. The monoisotopic (exact) mass is 312 g/mol. The molecule has 0 aliphatic heterocycles. The van der Waals surface area contributed by atoms with Crippen LogP contribution < -0.4 is 0 Å². The first kappa shape index (κ1) is 16.8. The minimum atomic E-state index is -0.770. The van der Waals surface area contributed by atoms with Crippen LogP contribution in [-0.4, -0.2) is 36.2 Å². The van der Waals surface area contributed by atoms with E-state index in [1.165, 1.54) is 7.11 Å². The van der Waals surface area contributed by atoms with Crippen LogP contribution in [0.15, 0.2) is 0 Å². The molecule has 0 aromatic heterocycles. The molecular formula is C16H24O6. The van der Waals surface area contributed by atoms with E-state index < -0.39 is 5.97 Å². The van der Waals surface area contributed by atoms with Crippen LogP contribution in [-0.2, 0) is 23.9 Å². The maximum atomic E-state index is 12.2. The summed E-state index contributed by atoms with van der Waals surface area (Å²) in [7, 11) is 1.39. The van der Waals surface area contributed by atoms with Crippen molar-refractivity contribution >= 4 is 17.9 Å². The first-order chi connectivity index (χ1) is 10.5. The number of carboxylic acid groups (broad SMARTS) is 1. The second-order valence-electron chi connectivity index (χ2n) is 6.32. The molecule has 6 heteroatoms. The molecule has 0 amide bonds. The molecule has 0 heterocycles. The van der Waals surface area contributed by atoms with Gasteiger partial charge in [0, 0.05) is 0 Å². The van der Waals surface area contributed by atoms with Gasteiger partial charge in [-0.3, -0.25) is 14.4 Å². The van der Waals surface area contributed by atoms with E-state index in [9.17, 15) is 14.4 Å². The van der Waals surface area contributed by atoms with Crippen LogP contribution in [0.4, 0.5) is 0 Å². The molecule has 124 valence electrons. The number of methoxy groups -OCH3 is 1. The van der Waals surface area contributed by atoms with E-state index in [0.29, 0.717) is 51.4 Å². The predicted molar refractivity (Wildman–Crippen MR) is 76.9 cm³/mol. The van der Waals surface area contributed by atoms with Gasteiger partial charge in [0.05, 0.1) is 24.9 Å². The number of carbonyl (C=O) groups is 3. The Morgan fingerprint density at radius 1 is 0.773 bits per heavy atom. The Morgan fingerprint density at radius 2 is 1.23 bits per heavy atom. The topological polar surface area (TPSA) is 89.9 Å². The lowest BCUT2D eigenvalue weighted by atomic mass is 9.82. The van der Waals surface area contributed by atoms with Gasteiger partial charge < -0.3 is 14.6 Å². The van der Waals surface area contributed by atoms with Gasteiger partial charge in [-0.1, -0.05) is 0 Å². The van der Waals surface area contributed by atoms with Crippen LogP contribution in [0.2, 0.25) is 0 Å². The second-order valence-corrected chi connectivity index (χ2v) is 6.32. The summed E-state index contributed by atoms with van der Waals surface area (Å²) in [6.45, 7) is 0. The van der Waals surface area contributed by atoms with Gasteiger partial charge in [-0.05, 0) is 51.4 Å². The van der Waals surface area contributed by atoms with E-state index in [0.717, 1.165) is 0 Å². The Morgan fingerprint density at radius 3 is 1.73 bits per heavy atom. The molecule has 0 unspecified atom stereocenters. The summed E-state index contributed by atoms with van der Waals surface area (Å²) in [5.74, 6) is -1.73. The number of hydrogen-bond acceptors (Lipinski definition) is 5. The van der Waals surface area contributed by atoms with Crippen LogP contribution in [0, 0.1) is 17.8 Å². The summed E-state index contributed by atoms with van der Waals surface area (Å²) in [6.07, 6.45) is 4.92. The number of carboxylic acids is 1. The Kier molecular flexibility index (Phi) is 5.80. The zero-order valence-electron chi connectivity index (χ0n) is 13.0. The van der Waals surface area contributed by atoms with Crippen molar-refractivity contribution in [1.82, 2.24) is 0 Å². The van der Waals surface area contributed by atoms with Gasteiger partial charge >= 0.3 is 17.9 Å². The van der Waals surface area contributed by atoms with E-state index in [1.807, 2.05) is 0 Å². The summed E-state index contributed by atoms with van der Waals surface area (Å²) in [5, 5.41) is 8.96. The first-order valence-corrected chi connectivity index (χ1v) is 8.02. The number of rotatable bonds is 4. The third-order valence-electron chi connectivity index (χ3n) is 4.90. The number of ether oxygens (including phenoxy) is 2.